The molecule has 1 unspecified atom stereocenters. The number of phenolic OH excluding ortho intramolecular Hbond substituents is 6. The second kappa shape index (κ2) is 30.4. The Morgan fingerprint density at radius 3 is 1.30 bits per heavy atom. The van der Waals surface area contributed by atoms with Gasteiger partial charge in [-0.15, -0.1) is 0 Å². The van der Waals surface area contributed by atoms with Gasteiger partial charge in [-0.05, 0) is 65.8 Å². The average molecular weight is 1360 g/mol. The number of fused-ring (bicyclic) bond motifs is 1. The van der Waals surface area contributed by atoms with E-state index >= 15 is 0 Å². The second-order valence-corrected chi connectivity index (χ2v) is 22.2. The van der Waals surface area contributed by atoms with E-state index < -0.39 is 226 Å². The van der Waals surface area contributed by atoms with E-state index in [1.807, 2.05) is 0 Å². The van der Waals surface area contributed by atoms with Gasteiger partial charge in [-0.1, -0.05) is 12.1 Å². The third-order valence-electron chi connectivity index (χ3n) is 15.4. The van der Waals surface area contributed by atoms with Crippen LogP contribution in [0.4, 0.5) is 0 Å². The standard InChI is InChI=1S/C60H66O36/c61-17-35-44(73)48(77)53(82)58(93-35)90-31-5-1-21(9-27(31)63)4-8-41(70)86-19-37-46(75)50(79)54(83)59(95-37)91-32-6-2-22(10-28(32)64)3-7-40(69)85-18-36-45(74)49(78)52(81)57(94-36)88-24-13-26(62)25-15-34(56(89-33(25)14-24)23-11-29(65)43(72)30(66)12-23)92-60-55(84)51(80)47(76)38(96-60)20-87-42(71)16-39(67)68/h1-15,35-38,44-66,72-84H,16-20H2,(H,67,68)/b7-3+,8-4+/t35-,36-,37-,38-,44-,45-,46-,47-,48+,49+,50+,51+,52-,53-,54-,55-,56?,57-,58-,59-,60-/m1/s1. The lowest BCUT2D eigenvalue weighted by atomic mass is 9.98. The van der Waals surface area contributed by atoms with E-state index in [-0.39, 0.29) is 45.3 Å². The van der Waals surface area contributed by atoms with Crippen LogP contribution in [0.1, 0.15) is 34.8 Å². The van der Waals surface area contributed by atoms with Gasteiger partial charge in [0, 0.05) is 29.8 Å². The maximum absolute atomic E-state index is 13.0. The largest absolute Gasteiger partial charge is 0.507 e. The summed E-state index contributed by atoms with van der Waals surface area (Å²) in [6.07, 6.45) is -33.6. The highest BCUT2D eigenvalue weighted by atomic mass is 16.7. The van der Waals surface area contributed by atoms with E-state index in [0.717, 1.165) is 66.8 Å². The molecule has 0 aliphatic carbocycles. The Balaban J connectivity index is 0.788. The molecule has 4 fully saturated rings. The number of benzene rings is 4. The number of carboxylic acid groups (broad SMARTS) is 1. The van der Waals surface area contributed by atoms with Crippen molar-refractivity contribution in [3.63, 3.8) is 0 Å². The number of carboxylic acids is 1. The van der Waals surface area contributed by atoms with E-state index in [1.54, 1.807) is 0 Å². The molecule has 36 heteroatoms. The molecule has 5 aliphatic rings. The lowest BCUT2D eigenvalue weighted by molar-refractivity contribution is -0.294. The number of ether oxygens (including phenoxy) is 12. The molecule has 4 aromatic rings. The number of phenols is 6. The van der Waals surface area contributed by atoms with Gasteiger partial charge in [-0.2, -0.15) is 0 Å². The summed E-state index contributed by atoms with van der Waals surface area (Å²) in [6, 6.07) is 11.2. The quantitative estimate of drug-likeness (QED) is 0.0116. The molecular weight excluding hydrogens is 1300 g/mol. The summed E-state index contributed by atoms with van der Waals surface area (Å²) in [5, 5.41) is 209. The predicted octanol–water partition coefficient (Wildman–Crippen LogP) is -4.70. The van der Waals surface area contributed by atoms with Crippen molar-refractivity contribution in [3.8, 4) is 57.5 Å². The molecule has 36 nitrogen and oxygen atoms in total. The van der Waals surface area contributed by atoms with Gasteiger partial charge >= 0.3 is 23.9 Å². The SMILES string of the molecule is O=C(O)CC(=O)OC[C@H]1O[C@@H](OC2=Cc3c(O)cc(O[C@@H]4O[C@H](COC(=O)/C=C/c5ccc(O[C@@H]6O[C@H](COC(=O)/C=C/c7ccc(O[C@@H]8O[C@H](CO)[C@@H](O)[C@H](O)[C@H]8O)c(O)c7)[C@@H](O)[C@H](O)[C@H]6O)c(O)c5)[C@@H](O)[C@H](O)[C@H]4O)cc3OC2c2cc(O)c(O)c(O)c2)[C@H](O)[C@@H](O)[C@@H]1O. The highest BCUT2D eigenvalue weighted by Gasteiger charge is 2.50. The van der Waals surface area contributed by atoms with Crippen LogP contribution in [0, 0.1) is 0 Å². The van der Waals surface area contributed by atoms with Crippen LogP contribution in [-0.4, -0.2) is 275 Å². The van der Waals surface area contributed by atoms with E-state index in [0.29, 0.717) is 0 Å². The lowest BCUT2D eigenvalue weighted by Gasteiger charge is -2.41. The molecule has 0 spiro atoms. The van der Waals surface area contributed by atoms with Crippen molar-refractivity contribution in [1.82, 2.24) is 0 Å². The Morgan fingerprint density at radius 2 is 0.865 bits per heavy atom. The number of esters is 3. The molecule has 21 atom stereocenters. The molecule has 4 aromatic carbocycles. The molecule has 4 saturated heterocycles. The van der Waals surface area contributed by atoms with Crippen LogP contribution in [0.15, 0.2) is 78.6 Å². The first-order chi connectivity index (χ1) is 45.5. The molecule has 0 bridgehead atoms. The lowest BCUT2D eigenvalue weighted by Crippen LogP contribution is -2.60. The van der Waals surface area contributed by atoms with Crippen LogP contribution in [0.3, 0.4) is 0 Å². The van der Waals surface area contributed by atoms with Gasteiger partial charge in [-0.3, -0.25) is 9.59 Å². The van der Waals surface area contributed by atoms with Gasteiger partial charge in [0.05, 0.1) is 12.2 Å². The fourth-order valence-corrected chi connectivity index (χ4v) is 10.1. The molecule has 20 N–H and O–H groups in total. The minimum atomic E-state index is -2.06. The number of aliphatic hydroxyl groups is 13. The van der Waals surface area contributed by atoms with Crippen LogP contribution in [0.2, 0.25) is 0 Å². The van der Waals surface area contributed by atoms with Crippen molar-refractivity contribution in [2.75, 3.05) is 26.4 Å². The van der Waals surface area contributed by atoms with Gasteiger partial charge in [0.15, 0.2) is 46.4 Å². The number of carbonyl (C=O) groups is 4. The summed E-state index contributed by atoms with van der Waals surface area (Å²) >= 11 is 0. The third kappa shape index (κ3) is 16.3. The van der Waals surface area contributed by atoms with Gasteiger partial charge in [0.1, 0.15) is 147 Å². The first-order valence-corrected chi connectivity index (χ1v) is 28.8. The summed E-state index contributed by atoms with van der Waals surface area (Å²) in [7, 11) is 0. The fourth-order valence-electron chi connectivity index (χ4n) is 10.1. The van der Waals surface area contributed by atoms with Crippen LogP contribution >= 0.6 is 0 Å². The summed E-state index contributed by atoms with van der Waals surface area (Å²) < 4.78 is 66.2. The smallest absolute Gasteiger partial charge is 0.330 e. The number of rotatable bonds is 22. The Hall–Kier alpha value is -8.90. The zero-order valence-corrected chi connectivity index (χ0v) is 49.3. The fraction of sp³-hybridized carbons (Fsp3) is 0.433. The Bertz CT molecular complexity index is 3510. The molecule has 5 heterocycles. The molecule has 9 rings (SSSR count). The van der Waals surface area contributed by atoms with Gasteiger partial charge < -0.3 is 159 Å². The van der Waals surface area contributed by atoms with Gasteiger partial charge in [-0.25, -0.2) is 9.59 Å². The minimum absolute atomic E-state index is 0.134. The molecule has 96 heavy (non-hydrogen) atoms. The summed E-state index contributed by atoms with van der Waals surface area (Å²) in [4.78, 5) is 48.5. The van der Waals surface area contributed by atoms with E-state index in [9.17, 15) is 116 Å². The Kier molecular flexibility index (Phi) is 22.6. The van der Waals surface area contributed by atoms with E-state index in [1.165, 1.54) is 24.3 Å². The molecular formula is C60H66O36. The molecule has 0 radical (unpaired) electrons. The molecule has 0 saturated carbocycles. The summed E-state index contributed by atoms with van der Waals surface area (Å²) in [5.74, 6) is -11.0. The van der Waals surface area contributed by atoms with Crippen molar-refractivity contribution in [3.05, 3.63) is 101 Å². The van der Waals surface area contributed by atoms with Crippen LogP contribution < -0.4 is 18.9 Å². The van der Waals surface area contributed by atoms with Crippen molar-refractivity contribution >= 4 is 42.1 Å². The maximum Gasteiger partial charge on any atom is 0.330 e. The molecule has 0 aromatic heterocycles. The van der Waals surface area contributed by atoms with Gasteiger partial charge in [0.2, 0.25) is 25.2 Å². The normalized spacial score (nSPS) is 32.1. The van der Waals surface area contributed by atoms with Crippen molar-refractivity contribution in [2.24, 2.45) is 0 Å². The highest BCUT2D eigenvalue weighted by Crippen LogP contribution is 2.48. The summed E-state index contributed by atoms with van der Waals surface area (Å²) in [6.45, 7) is -3.07. The second-order valence-electron chi connectivity index (χ2n) is 22.2. The number of carbonyl (C=O) groups excluding carboxylic acids is 3. The maximum atomic E-state index is 13.0. The van der Waals surface area contributed by atoms with Crippen molar-refractivity contribution in [1.29, 1.82) is 0 Å². The highest BCUT2D eigenvalue weighted by molar-refractivity contribution is 5.90. The molecule has 522 valence electrons. The third-order valence-corrected chi connectivity index (χ3v) is 15.4. The zero-order valence-electron chi connectivity index (χ0n) is 49.3. The Labute approximate surface area is 539 Å². The van der Waals surface area contributed by atoms with Crippen LogP contribution in [0.5, 0.6) is 57.5 Å². The number of aromatic hydroxyl groups is 6. The van der Waals surface area contributed by atoms with Crippen molar-refractivity contribution in [2.45, 2.75) is 135 Å². The predicted molar refractivity (Wildman–Crippen MR) is 307 cm³/mol. The van der Waals surface area contributed by atoms with Crippen LogP contribution in [0.25, 0.3) is 18.2 Å². The van der Waals surface area contributed by atoms with Gasteiger partial charge in [0.25, 0.3) is 0 Å². The van der Waals surface area contributed by atoms with Crippen molar-refractivity contribution < 1.29 is 178 Å². The zero-order chi connectivity index (χ0) is 69.7. The number of hydrogen-bond donors (Lipinski definition) is 20. The number of hydrogen-bond acceptors (Lipinski definition) is 35. The first-order valence-electron chi connectivity index (χ1n) is 28.8. The number of aliphatic hydroxyl groups excluding tert-OH is 13. The first kappa shape index (κ1) is 71.4. The Morgan fingerprint density at radius 1 is 0.448 bits per heavy atom. The minimum Gasteiger partial charge on any atom is -0.507 e. The average Bonchev–Trinajstić information content (AvgIpc) is 0.777. The monoisotopic (exact) mass is 1360 g/mol. The molecule has 5 aliphatic heterocycles. The molecule has 0 amide bonds. The van der Waals surface area contributed by atoms with E-state index in [4.69, 9.17) is 61.9 Å². The van der Waals surface area contributed by atoms with Crippen LogP contribution in [-0.2, 0) is 57.1 Å². The topological polar surface area (TPSA) is 584 Å². The van der Waals surface area contributed by atoms with E-state index in [2.05, 4.69) is 0 Å². The summed E-state index contributed by atoms with van der Waals surface area (Å²) in [5.41, 5.74) is -0.0405. The number of aliphatic carboxylic acids is 1.